The summed E-state index contributed by atoms with van der Waals surface area (Å²) in [6, 6.07) is 12.4. The molecule has 29 heavy (non-hydrogen) atoms. The predicted octanol–water partition coefficient (Wildman–Crippen LogP) is 3.37. The standard InChI is InChI=1S/C23H33N5O/c1-4-11-27(12-5-2)22(29)21-17-19(3)24-23(25-21)28-15-13-26(14-16-28)18-20-9-7-6-8-10-20/h6-10,17H,4-5,11-16,18H2,1-3H3. The number of amides is 1. The fourth-order valence-corrected chi connectivity index (χ4v) is 3.77. The molecular formula is C23H33N5O. The van der Waals surface area contributed by atoms with Gasteiger partial charge >= 0.3 is 0 Å². The molecule has 156 valence electrons. The highest BCUT2D eigenvalue weighted by molar-refractivity contribution is 5.92. The highest BCUT2D eigenvalue weighted by Gasteiger charge is 2.22. The largest absolute Gasteiger partial charge is 0.338 e. The minimum Gasteiger partial charge on any atom is -0.338 e. The van der Waals surface area contributed by atoms with E-state index in [2.05, 4.69) is 63.9 Å². The number of rotatable bonds is 8. The Hall–Kier alpha value is -2.47. The molecule has 6 heteroatoms. The van der Waals surface area contributed by atoms with Gasteiger partial charge in [-0.2, -0.15) is 0 Å². The van der Waals surface area contributed by atoms with Crippen LogP contribution in [0.5, 0.6) is 0 Å². The lowest BCUT2D eigenvalue weighted by Gasteiger charge is -2.35. The number of hydrogen-bond donors (Lipinski definition) is 0. The van der Waals surface area contributed by atoms with E-state index in [1.165, 1.54) is 5.56 Å². The van der Waals surface area contributed by atoms with Gasteiger partial charge in [-0.3, -0.25) is 9.69 Å². The summed E-state index contributed by atoms with van der Waals surface area (Å²) in [5.74, 6) is 0.698. The number of anilines is 1. The van der Waals surface area contributed by atoms with Gasteiger partial charge in [0.1, 0.15) is 5.69 Å². The zero-order valence-corrected chi connectivity index (χ0v) is 18.0. The average molecular weight is 396 g/mol. The summed E-state index contributed by atoms with van der Waals surface area (Å²) >= 11 is 0. The van der Waals surface area contributed by atoms with E-state index in [1.54, 1.807) is 0 Å². The number of carbonyl (C=O) groups excluding carboxylic acids is 1. The van der Waals surface area contributed by atoms with Crippen molar-refractivity contribution in [3.05, 3.63) is 53.3 Å². The smallest absolute Gasteiger partial charge is 0.272 e. The van der Waals surface area contributed by atoms with E-state index >= 15 is 0 Å². The van der Waals surface area contributed by atoms with Gasteiger partial charge in [0.25, 0.3) is 5.91 Å². The number of aromatic nitrogens is 2. The maximum absolute atomic E-state index is 13.0. The van der Waals surface area contributed by atoms with Crippen LogP contribution in [-0.4, -0.2) is 64.9 Å². The monoisotopic (exact) mass is 395 g/mol. The fraction of sp³-hybridized carbons (Fsp3) is 0.522. The van der Waals surface area contributed by atoms with Gasteiger partial charge in [-0.05, 0) is 31.4 Å². The third-order valence-corrected chi connectivity index (χ3v) is 5.24. The Kier molecular flexibility index (Phi) is 7.58. The summed E-state index contributed by atoms with van der Waals surface area (Å²) in [5, 5.41) is 0. The van der Waals surface area contributed by atoms with Crippen LogP contribution in [0.25, 0.3) is 0 Å². The molecule has 1 amide bonds. The molecule has 0 radical (unpaired) electrons. The van der Waals surface area contributed by atoms with Crippen LogP contribution in [0, 0.1) is 6.92 Å². The first-order chi connectivity index (χ1) is 14.1. The predicted molar refractivity (Wildman–Crippen MR) is 117 cm³/mol. The lowest BCUT2D eigenvalue weighted by molar-refractivity contribution is 0.0749. The van der Waals surface area contributed by atoms with Crippen LogP contribution in [0.15, 0.2) is 36.4 Å². The second kappa shape index (κ2) is 10.3. The van der Waals surface area contributed by atoms with Crippen molar-refractivity contribution in [1.82, 2.24) is 19.8 Å². The molecule has 0 atom stereocenters. The number of hydrogen-bond acceptors (Lipinski definition) is 5. The van der Waals surface area contributed by atoms with Crippen molar-refractivity contribution in [2.45, 2.75) is 40.2 Å². The van der Waals surface area contributed by atoms with Crippen molar-refractivity contribution in [3.63, 3.8) is 0 Å². The van der Waals surface area contributed by atoms with Crippen LogP contribution < -0.4 is 4.90 Å². The summed E-state index contributed by atoms with van der Waals surface area (Å²) in [4.78, 5) is 28.8. The van der Waals surface area contributed by atoms with E-state index in [-0.39, 0.29) is 5.91 Å². The Labute approximate surface area is 174 Å². The summed E-state index contributed by atoms with van der Waals surface area (Å²) in [5.41, 5.74) is 2.70. The molecule has 1 aliphatic heterocycles. The molecule has 2 aromatic rings. The van der Waals surface area contributed by atoms with Gasteiger partial charge in [-0.1, -0.05) is 44.2 Å². The molecule has 1 aliphatic rings. The Morgan fingerprint density at radius 2 is 1.66 bits per heavy atom. The molecule has 1 fully saturated rings. The quantitative estimate of drug-likeness (QED) is 0.686. The van der Waals surface area contributed by atoms with Gasteiger partial charge in [-0.15, -0.1) is 0 Å². The van der Waals surface area contributed by atoms with Crippen LogP contribution in [0.2, 0.25) is 0 Å². The molecule has 3 rings (SSSR count). The van der Waals surface area contributed by atoms with Crippen molar-refractivity contribution < 1.29 is 4.79 Å². The molecule has 1 aromatic carbocycles. The van der Waals surface area contributed by atoms with Crippen molar-refractivity contribution in [1.29, 1.82) is 0 Å². The van der Waals surface area contributed by atoms with Crippen molar-refractivity contribution in [2.75, 3.05) is 44.2 Å². The molecule has 0 unspecified atom stereocenters. The molecule has 0 spiro atoms. The molecule has 0 bridgehead atoms. The minimum atomic E-state index is 0.0168. The molecule has 0 saturated carbocycles. The van der Waals surface area contributed by atoms with Crippen LogP contribution in [0.1, 0.15) is 48.4 Å². The molecule has 1 aromatic heterocycles. The zero-order valence-electron chi connectivity index (χ0n) is 18.0. The molecule has 2 heterocycles. The molecule has 0 N–H and O–H groups in total. The first-order valence-corrected chi connectivity index (χ1v) is 10.8. The van der Waals surface area contributed by atoms with Gasteiger partial charge in [0, 0.05) is 51.5 Å². The third kappa shape index (κ3) is 5.76. The minimum absolute atomic E-state index is 0.0168. The Morgan fingerprint density at radius 3 is 2.28 bits per heavy atom. The van der Waals surface area contributed by atoms with E-state index < -0.39 is 0 Å². The van der Waals surface area contributed by atoms with E-state index in [0.717, 1.165) is 64.3 Å². The van der Waals surface area contributed by atoms with E-state index in [9.17, 15) is 4.79 Å². The van der Waals surface area contributed by atoms with E-state index in [4.69, 9.17) is 0 Å². The van der Waals surface area contributed by atoms with Gasteiger partial charge < -0.3 is 9.80 Å². The van der Waals surface area contributed by atoms with Crippen LogP contribution in [0.4, 0.5) is 5.95 Å². The number of benzene rings is 1. The van der Waals surface area contributed by atoms with Gasteiger partial charge in [0.15, 0.2) is 0 Å². The molecule has 0 aliphatic carbocycles. The number of carbonyl (C=O) groups is 1. The van der Waals surface area contributed by atoms with Gasteiger partial charge in [0.2, 0.25) is 5.95 Å². The maximum atomic E-state index is 13.0. The van der Waals surface area contributed by atoms with E-state index in [1.807, 2.05) is 17.9 Å². The molecular weight excluding hydrogens is 362 g/mol. The highest BCUT2D eigenvalue weighted by Crippen LogP contribution is 2.16. The molecule has 1 saturated heterocycles. The van der Waals surface area contributed by atoms with Crippen molar-refractivity contribution in [2.24, 2.45) is 0 Å². The number of nitrogens with zero attached hydrogens (tertiary/aromatic N) is 5. The summed E-state index contributed by atoms with van der Waals surface area (Å²) in [6.45, 7) is 12.3. The zero-order chi connectivity index (χ0) is 20.6. The van der Waals surface area contributed by atoms with Crippen LogP contribution in [0.3, 0.4) is 0 Å². The third-order valence-electron chi connectivity index (χ3n) is 5.24. The average Bonchev–Trinajstić information content (AvgIpc) is 2.74. The second-order valence-electron chi connectivity index (χ2n) is 7.74. The first-order valence-electron chi connectivity index (χ1n) is 10.8. The van der Waals surface area contributed by atoms with Crippen molar-refractivity contribution >= 4 is 11.9 Å². The Bertz CT molecular complexity index is 781. The van der Waals surface area contributed by atoms with Crippen molar-refractivity contribution in [3.8, 4) is 0 Å². The normalized spacial score (nSPS) is 14.8. The number of piperazine rings is 1. The van der Waals surface area contributed by atoms with Crippen LogP contribution in [-0.2, 0) is 6.54 Å². The fourth-order valence-electron chi connectivity index (χ4n) is 3.77. The Morgan fingerprint density at radius 1 is 1.00 bits per heavy atom. The summed E-state index contributed by atoms with van der Waals surface area (Å²) < 4.78 is 0. The molecule has 6 nitrogen and oxygen atoms in total. The lowest BCUT2D eigenvalue weighted by Crippen LogP contribution is -2.46. The summed E-state index contributed by atoms with van der Waals surface area (Å²) in [7, 11) is 0. The number of aryl methyl sites for hydroxylation is 1. The maximum Gasteiger partial charge on any atom is 0.272 e. The topological polar surface area (TPSA) is 52.6 Å². The van der Waals surface area contributed by atoms with E-state index in [0.29, 0.717) is 11.6 Å². The lowest BCUT2D eigenvalue weighted by atomic mass is 10.2. The highest BCUT2D eigenvalue weighted by atomic mass is 16.2. The SMILES string of the molecule is CCCN(CCC)C(=O)c1cc(C)nc(N2CCN(Cc3ccccc3)CC2)n1. The van der Waals surface area contributed by atoms with Crippen LogP contribution >= 0.6 is 0 Å². The summed E-state index contributed by atoms with van der Waals surface area (Å²) in [6.07, 6.45) is 1.90. The van der Waals surface area contributed by atoms with Gasteiger partial charge in [-0.25, -0.2) is 9.97 Å². The van der Waals surface area contributed by atoms with Gasteiger partial charge in [0.05, 0.1) is 0 Å². The Balaban J connectivity index is 1.66. The first kappa shape index (κ1) is 21.2. The second-order valence-corrected chi connectivity index (χ2v) is 7.74.